The Morgan fingerprint density at radius 1 is 1.11 bits per heavy atom. The average Bonchev–Trinajstić information content (AvgIpc) is 3.07. The summed E-state index contributed by atoms with van der Waals surface area (Å²) in [6.07, 6.45) is 3.16. The average molecular weight is 363 g/mol. The number of anilines is 1. The molecule has 140 valence electrons. The second-order valence-electron chi connectivity index (χ2n) is 6.97. The molecule has 2 aromatic carbocycles. The molecule has 27 heavy (non-hydrogen) atoms. The Kier molecular flexibility index (Phi) is 5.60. The van der Waals surface area contributed by atoms with Crippen molar-refractivity contribution in [2.24, 2.45) is 0 Å². The number of benzene rings is 2. The topological polar surface area (TPSA) is 49.6 Å². The molecule has 3 aromatic rings. The molecule has 0 saturated carbocycles. The molecule has 3 rings (SSSR count). The fourth-order valence-corrected chi connectivity index (χ4v) is 2.81. The number of hydrogen-bond acceptors (Lipinski definition) is 4. The molecule has 5 heteroatoms. The summed E-state index contributed by atoms with van der Waals surface area (Å²) in [7, 11) is 4.02. The molecule has 0 unspecified atom stereocenters. The van der Waals surface area contributed by atoms with Crippen molar-refractivity contribution < 1.29 is 9.21 Å². The minimum absolute atomic E-state index is 0.0658. The van der Waals surface area contributed by atoms with Gasteiger partial charge in [-0.15, -0.1) is 0 Å². The molecule has 0 atom stereocenters. The third-order valence-electron chi connectivity index (χ3n) is 4.39. The van der Waals surface area contributed by atoms with Crippen LogP contribution in [0.5, 0.6) is 0 Å². The summed E-state index contributed by atoms with van der Waals surface area (Å²) >= 11 is 0. The minimum Gasteiger partial charge on any atom is -0.437 e. The van der Waals surface area contributed by atoms with Gasteiger partial charge in [0.25, 0.3) is 0 Å². The van der Waals surface area contributed by atoms with Gasteiger partial charge in [-0.25, -0.2) is 4.98 Å². The number of amides is 1. The zero-order valence-electron chi connectivity index (χ0n) is 16.2. The van der Waals surface area contributed by atoms with Crippen LogP contribution in [-0.2, 0) is 11.3 Å². The Morgan fingerprint density at radius 2 is 1.81 bits per heavy atom. The van der Waals surface area contributed by atoms with Gasteiger partial charge in [0.15, 0.2) is 5.58 Å². The third-order valence-corrected chi connectivity index (χ3v) is 4.39. The monoisotopic (exact) mass is 363 g/mol. The second kappa shape index (κ2) is 8.08. The van der Waals surface area contributed by atoms with Crippen LogP contribution in [0, 0.1) is 0 Å². The Bertz CT molecular complexity index is 907. The van der Waals surface area contributed by atoms with E-state index >= 15 is 0 Å². The van der Waals surface area contributed by atoms with E-state index in [9.17, 15) is 4.79 Å². The van der Waals surface area contributed by atoms with Crippen molar-refractivity contribution in [1.29, 1.82) is 0 Å². The van der Waals surface area contributed by atoms with Gasteiger partial charge >= 0.3 is 0 Å². The van der Waals surface area contributed by atoms with Crippen molar-refractivity contribution in [2.75, 3.05) is 19.0 Å². The lowest BCUT2D eigenvalue weighted by molar-refractivity contribution is -0.128. The predicted octanol–water partition coefficient (Wildman–Crippen LogP) is 4.34. The van der Waals surface area contributed by atoms with Gasteiger partial charge in [0.05, 0.1) is 0 Å². The van der Waals surface area contributed by atoms with E-state index in [2.05, 4.69) is 34.1 Å². The maximum atomic E-state index is 12.7. The number of carbonyl (C=O) groups excluding carboxylic acids is 1. The van der Waals surface area contributed by atoms with Crippen molar-refractivity contribution >= 4 is 28.8 Å². The zero-order chi connectivity index (χ0) is 19.4. The van der Waals surface area contributed by atoms with Crippen LogP contribution in [0.15, 0.2) is 59.0 Å². The summed E-state index contributed by atoms with van der Waals surface area (Å²) in [6.45, 7) is 4.58. The van der Waals surface area contributed by atoms with Crippen molar-refractivity contribution in [2.45, 2.75) is 26.4 Å². The minimum atomic E-state index is -0.0658. The number of aromatic nitrogens is 1. The third kappa shape index (κ3) is 4.56. The maximum absolute atomic E-state index is 12.7. The summed E-state index contributed by atoms with van der Waals surface area (Å²) < 4.78 is 5.64. The highest BCUT2D eigenvalue weighted by Crippen LogP contribution is 2.17. The Balaban J connectivity index is 1.72. The van der Waals surface area contributed by atoms with Crippen molar-refractivity contribution in [3.05, 3.63) is 66.1 Å². The van der Waals surface area contributed by atoms with E-state index in [1.165, 1.54) is 6.08 Å². The van der Waals surface area contributed by atoms with Crippen molar-refractivity contribution in [3.8, 4) is 0 Å². The molecule has 0 spiro atoms. The van der Waals surface area contributed by atoms with E-state index in [0.29, 0.717) is 18.0 Å². The summed E-state index contributed by atoms with van der Waals surface area (Å²) in [6, 6.07) is 15.9. The predicted molar refractivity (Wildman–Crippen MR) is 109 cm³/mol. The molecular weight excluding hydrogens is 338 g/mol. The highest BCUT2D eigenvalue weighted by Gasteiger charge is 2.15. The van der Waals surface area contributed by atoms with Gasteiger partial charge in [0.2, 0.25) is 11.8 Å². The molecule has 0 fully saturated rings. The number of fused-ring (bicyclic) bond motifs is 1. The quantitative estimate of drug-likeness (QED) is 0.611. The van der Waals surface area contributed by atoms with Gasteiger partial charge in [-0.2, -0.15) is 0 Å². The highest BCUT2D eigenvalue weighted by atomic mass is 16.3. The molecule has 1 heterocycles. The first-order valence-corrected chi connectivity index (χ1v) is 9.04. The molecule has 0 aliphatic rings. The summed E-state index contributed by atoms with van der Waals surface area (Å²) in [5.74, 6) is 0.368. The fourth-order valence-electron chi connectivity index (χ4n) is 2.81. The lowest BCUT2D eigenvalue weighted by atomic mass is 10.1. The lowest BCUT2D eigenvalue weighted by Gasteiger charge is -2.26. The van der Waals surface area contributed by atoms with Crippen LogP contribution in [0.1, 0.15) is 25.3 Å². The highest BCUT2D eigenvalue weighted by molar-refractivity contribution is 5.91. The normalized spacial score (nSPS) is 11.4. The summed E-state index contributed by atoms with van der Waals surface area (Å²) in [5.41, 5.74) is 3.73. The van der Waals surface area contributed by atoms with Crippen LogP contribution in [-0.4, -0.2) is 35.9 Å². The van der Waals surface area contributed by atoms with Gasteiger partial charge in [-0.3, -0.25) is 4.79 Å². The molecule has 1 amide bonds. The van der Waals surface area contributed by atoms with E-state index in [1.54, 1.807) is 6.08 Å². The number of rotatable bonds is 6. The first-order chi connectivity index (χ1) is 12.9. The van der Waals surface area contributed by atoms with Gasteiger partial charge in [-0.05, 0) is 43.7 Å². The van der Waals surface area contributed by atoms with E-state index in [4.69, 9.17) is 4.42 Å². The van der Waals surface area contributed by atoms with Crippen LogP contribution in [0.25, 0.3) is 17.2 Å². The Hall–Kier alpha value is -3.08. The smallest absolute Gasteiger partial charge is 0.247 e. The maximum Gasteiger partial charge on any atom is 0.247 e. The number of hydrogen-bond donors (Lipinski definition) is 0. The molecule has 0 bridgehead atoms. The Labute approximate surface area is 159 Å². The molecule has 1 aromatic heterocycles. The fraction of sp³-hybridized carbons (Fsp3) is 0.273. The summed E-state index contributed by atoms with van der Waals surface area (Å²) in [4.78, 5) is 21.0. The molecule has 0 saturated heterocycles. The van der Waals surface area contributed by atoms with Crippen LogP contribution in [0.4, 0.5) is 5.69 Å². The zero-order valence-corrected chi connectivity index (χ0v) is 16.2. The molecule has 0 aliphatic carbocycles. The number of carbonyl (C=O) groups is 1. The van der Waals surface area contributed by atoms with Crippen LogP contribution >= 0.6 is 0 Å². The lowest BCUT2D eigenvalue weighted by Crippen LogP contribution is -2.35. The van der Waals surface area contributed by atoms with E-state index in [0.717, 1.165) is 16.8 Å². The van der Waals surface area contributed by atoms with Crippen LogP contribution in [0.2, 0.25) is 0 Å². The first kappa shape index (κ1) is 18.7. The van der Waals surface area contributed by atoms with Gasteiger partial charge in [0.1, 0.15) is 5.52 Å². The van der Waals surface area contributed by atoms with Gasteiger partial charge < -0.3 is 14.2 Å². The SMILES string of the molecule is CC(C)N(Cc1ccc(N(C)C)cc1)C(=O)/C=C\c1nc2ccccc2o1. The number of nitrogens with zero attached hydrogens (tertiary/aromatic N) is 3. The van der Waals surface area contributed by atoms with E-state index in [-0.39, 0.29) is 11.9 Å². The molecule has 5 nitrogen and oxygen atoms in total. The molecule has 0 radical (unpaired) electrons. The standard InChI is InChI=1S/C22H25N3O2/c1-16(2)25(15-17-9-11-18(12-10-17)24(3)4)22(26)14-13-21-23-19-7-5-6-8-20(19)27-21/h5-14,16H,15H2,1-4H3/b14-13-. The molecular formula is C22H25N3O2. The van der Waals surface area contributed by atoms with E-state index < -0.39 is 0 Å². The van der Waals surface area contributed by atoms with Crippen molar-refractivity contribution in [1.82, 2.24) is 9.88 Å². The summed E-state index contributed by atoms with van der Waals surface area (Å²) in [5, 5.41) is 0. The largest absolute Gasteiger partial charge is 0.437 e. The van der Waals surface area contributed by atoms with Gasteiger partial charge in [0, 0.05) is 44.5 Å². The number of oxazole rings is 1. The number of para-hydroxylation sites is 2. The van der Waals surface area contributed by atoms with Gasteiger partial charge in [-0.1, -0.05) is 24.3 Å². The molecule has 0 N–H and O–H groups in total. The van der Waals surface area contributed by atoms with Crippen molar-refractivity contribution in [3.63, 3.8) is 0 Å². The second-order valence-corrected chi connectivity index (χ2v) is 6.97. The first-order valence-electron chi connectivity index (χ1n) is 9.04. The van der Waals surface area contributed by atoms with Crippen LogP contribution in [0.3, 0.4) is 0 Å². The van der Waals surface area contributed by atoms with E-state index in [1.807, 2.05) is 57.1 Å². The Morgan fingerprint density at radius 3 is 2.44 bits per heavy atom. The van der Waals surface area contributed by atoms with Crippen LogP contribution < -0.4 is 4.90 Å². The molecule has 0 aliphatic heterocycles.